The molecule has 0 spiro atoms. The van der Waals surface area contributed by atoms with Crippen molar-refractivity contribution in [2.24, 2.45) is 0 Å². The van der Waals surface area contributed by atoms with Gasteiger partial charge in [0, 0.05) is 3.57 Å². The molecule has 11 heteroatoms. The van der Waals surface area contributed by atoms with Crippen LogP contribution in [-0.2, 0) is 39.5 Å². The lowest BCUT2D eigenvalue weighted by Crippen LogP contribution is -2.17. The van der Waals surface area contributed by atoms with Crippen molar-refractivity contribution < 1.29 is 25.6 Å². The number of rotatable bonds is 7. The van der Waals surface area contributed by atoms with Crippen molar-refractivity contribution in [1.29, 1.82) is 0 Å². The maximum atomic E-state index is 13.3. The normalized spacial score (nSPS) is 12.2. The van der Waals surface area contributed by atoms with E-state index in [1.54, 1.807) is 45.2 Å². The SMILES string of the molecule is CCc1cc(CC)c(S(=O)(=O)Oc2c(I)cc(I)c(S(=O)(=O)[O-])c2I)c(CC)c1. The molecular weight excluding hydrogens is 757 g/mol. The molecule has 0 saturated carbocycles. The van der Waals surface area contributed by atoms with Crippen LogP contribution in [0, 0.1) is 10.7 Å². The molecule has 0 heterocycles. The van der Waals surface area contributed by atoms with E-state index in [0.717, 1.165) is 12.0 Å². The van der Waals surface area contributed by atoms with Crippen LogP contribution in [0.4, 0.5) is 0 Å². The average Bonchev–Trinajstić information content (AvgIpc) is 2.62. The van der Waals surface area contributed by atoms with E-state index in [1.165, 1.54) is 6.07 Å². The van der Waals surface area contributed by atoms with Gasteiger partial charge in [0.1, 0.15) is 15.0 Å². The van der Waals surface area contributed by atoms with Crippen molar-refractivity contribution >= 4 is 88.0 Å². The zero-order chi connectivity index (χ0) is 22.1. The lowest BCUT2D eigenvalue weighted by molar-refractivity contribution is 0.457. The van der Waals surface area contributed by atoms with E-state index in [2.05, 4.69) is 0 Å². The van der Waals surface area contributed by atoms with Gasteiger partial charge in [-0.25, -0.2) is 8.42 Å². The highest BCUT2D eigenvalue weighted by Gasteiger charge is 2.28. The third-order valence-electron chi connectivity index (χ3n) is 4.25. The van der Waals surface area contributed by atoms with Crippen molar-refractivity contribution in [3.8, 4) is 5.75 Å². The van der Waals surface area contributed by atoms with Crippen LogP contribution in [0.2, 0.25) is 0 Å². The number of aryl methyl sites for hydroxylation is 3. The second-order valence-electron chi connectivity index (χ2n) is 6.11. The first-order chi connectivity index (χ1) is 13.4. The molecule has 0 atom stereocenters. The van der Waals surface area contributed by atoms with Gasteiger partial charge < -0.3 is 8.74 Å². The first-order valence-corrected chi connectivity index (χ1v) is 14.6. The topological polar surface area (TPSA) is 101 Å². The van der Waals surface area contributed by atoms with Gasteiger partial charge in [0.05, 0.1) is 12.0 Å². The summed E-state index contributed by atoms with van der Waals surface area (Å²) in [4.78, 5) is -0.367. The largest absolute Gasteiger partial charge is 0.744 e. The van der Waals surface area contributed by atoms with Crippen LogP contribution in [0.25, 0.3) is 0 Å². The maximum absolute atomic E-state index is 13.3. The van der Waals surface area contributed by atoms with E-state index in [4.69, 9.17) is 4.18 Å². The second-order valence-corrected chi connectivity index (χ2v) is 12.3. The first kappa shape index (κ1) is 25.5. The van der Waals surface area contributed by atoms with Gasteiger partial charge in [-0.1, -0.05) is 32.9 Å². The summed E-state index contributed by atoms with van der Waals surface area (Å²) in [5, 5.41) is 0. The Bertz CT molecular complexity index is 1130. The highest BCUT2D eigenvalue weighted by Crippen LogP contribution is 2.38. The van der Waals surface area contributed by atoms with Crippen molar-refractivity contribution in [3.63, 3.8) is 0 Å². The lowest BCUT2D eigenvalue weighted by atomic mass is 10.0. The molecule has 6 nitrogen and oxygen atoms in total. The molecule has 0 aliphatic carbocycles. The molecule has 0 aliphatic rings. The molecule has 0 aliphatic heterocycles. The summed E-state index contributed by atoms with van der Waals surface area (Å²) < 4.78 is 67.5. The minimum absolute atomic E-state index is 0.0428. The average molecular weight is 775 g/mol. The highest BCUT2D eigenvalue weighted by molar-refractivity contribution is 14.1. The van der Waals surface area contributed by atoms with E-state index in [9.17, 15) is 21.4 Å². The standard InChI is InChI=1S/C18H19I3O6S2/c1-4-10-7-11(5-2)17(12(6-3)8-10)29(25,26)27-16-13(19)9-14(20)18(15(16)21)28(22,23)24/h7-9H,4-6H2,1-3H3,(H,22,23,24)/p-1. The van der Waals surface area contributed by atoms with Gasteiger partial charge in [0.2, 0.25) is 0 Å². The summed E-state index contributed by atoms with van der Waals surface area (Å²) in [6, 6.07) is 5.13. The molecule has 0 N–H and O–H groups in total. The summed E-state index contributed by atoms with van der Waals surface area (Å²) in [7, 11) is -9.05. The minimum Gasteiger partial charge on any atom is -0.744 e. The molecule has 29 heavy (non-hydrogen) atoms. The Labute approximate surface area is 212 Å². The molecule has 0 aromatic heterocycles. The van der Waals surface area contributed by atoms with E-state index >= 15 is 0 Å². The van der Waals surface area contributed by atoms with E-state index in [0.29, 0.717) is 27.5 Å². The molecule has 0 bridgehead atoms. The molecule has 160 valence electrons. The van der Waals surface area contributed by atoms with Crippen LogP contribution in [-0.4, -0.2) is 21.4 Å². The quantitative estimate of drug-likeness (QED) is 0.227. The van der Waals surface area contributed by atoms with Crippen LogP contribution < -0.4 is 4.18 Å². The van der Waals surface area contributed by atoms with Gasteiger partial charge in [0.25, 0.3) is 0 Å². The van der Waals surface area contributed by atoms with E-state index in [-0.39, 0.29) is 17.8 Å². The third-order valence-corrected chi connectivity index (χ3v) is 10.00. The van der Waals surface area contributed by atoms with Crippen LogP contribution in [0.3, 0.4) is 0 Å². The zero-order valence-corrected chi connectivity index (χ0v) is 23.9. The Morgan fingerprint density at radius 3 is 1.76 bits per heavy atom. The predicted molar refractivity (Wildman–Crippen MR) is 135 cm³/mol. The van der Waals surface area contributed by atoms with E-state index in [1.807, 2.05) is 55.5 Å². The van der Waals surface area contributed by atoms with Crippen LogP contribution in [0.15, 0.2) is 28.0 Å². The van der Waals surface area contributed by atoms with Gasteiger partial charge in [-0.2, -0.15) is 8.42 Å². The second kappa shape index (κ2) is 9.83. The van der Waals surface area contributed by atoms with Crippen molar-refractivity contribution in [2.45, 2.75) is 49.8 Å². The minimum atomic E-state index is -4.80. The molecule has 0 radical (unpaired) electrons. The predicted octanol–water partition coefficient (Wildman–Crippen LogP) is 4.86. The molecule has 0 fully saturated rings. The number of hydrogen-bond acceptors (Lipinski definition) is 6. The number of halogens is 3. The molecule has 2 rings (SSSR count). The fourth-order valence-electron chi connectivity index (χ4n) is 2.89. The Morgan fingerprint density at radius 2 is 1.34 bits per heavy atom. The molecule has 2 aromatic carbocycles. The highest BCUT2D eigenvalue weighted by atomic mass is 127. The molecular formula is C18H18I3O6S2-. The van der Waals surface area contributed by atoms with Gasteiger partial charge in [0.15, 0.2) is 5.75 Å². The Morgan fingerprint density at radius 1 is 0.828 bits per heavy atom. The summed E-state index contributed by atoms with van der Waals surface area (Å²) in [6.45, 7) is 5.74. The van der Waals surface area contributed by atoms with Crippen molar-refractivity contribution in [3.05, 3.63) is 45.6 Å². The number of hydrogen-bond donors (Lipinski definition) is 0. The van der Waals surface area contributed by atoms with E-state index < -0.39 is 25.1 Å². The smallest absolute Gasteiger partial charge is 0.339 e. The van der Waals surface area contributed by atoms with Crippen LogP contribution in [0.1, 0.15) is 37.5 Å². The molecule has 0 unspecified atom stereocenters. The summed E-state index contributed by atoms with van der Waals surface area (Å²) in [5.41, 5.74) is 2.33. The maximum Gasteiger partial charge on any atom is 0.339 e. The third kappa shape index (κ3) is 5.56. The van der Waals surface area contributed by atoms with Gasteiger partial charge in [-0.05, 0) is 110 Å². The fraction of sp³-hybridized carbons (Fsp3) is 0.333. The Hall–Kier alpha value is 0.290. The van der Waals surface area contributed by atoms with Gasteiger partial charge >= 0.3 is 10.1 Å². The van der Waals surface area contributed by atoms with Crippen molar-refractivity contribution in [1.82, 2.24) is 0 Å². The Kier molecular flexibility index (Phi) is 8.66. The summed E-state index contributed by atoms with van der Waals surface area (Å²) >= 11 is 5.25. The summed E-state index contributed by atoms with van der Waals surface area (Å²) in [6.07, 6.45) is 1.78. The van der Waals surface area contributed by atoms with Gasteiger partial charge in [-0.3, -0.25) is 0 Å². The van der Waals surface area contributed by atoms with Crippen LogP contribution in [0.5, 0.6) is 5.75 Å². The van der Waals surface area contributed by atoms with Crippen molar-refractivity contribution in [2.75, 3.05) is 0 Å². The first-order valence-electron chi connectivity index (χ1n) is 8.59. The Balaban J connectivity index is 2.74. The number of benzene rings is 2. The molecule has 0 saturated heterocycles. The van der Waals surface area contributed by atoms with Crippen LogP contribution >= 0.6 is 67.8 Å². The monoisotopic (exact) mass is 775 g/mol. The molecule has 2 aromatic rings. The molecule has 0 amide bonds. The lowest BCUT2D eigenvalue weighted by Gasteiger charge is -2.19. The zero-order valence-electron chi connectivity index (χ0n) is 15.8. The summed E-state index contributed by atoms with van der Waals surface area (Å²) in [5.74, 6) is -0.148. The van der Waals surface area contributed by atoms with Gasteiger partial charge in [-0.15, -0.1) is 0 Å². The fourth-order valence-corrected chi connectivity index (χ4v) is 10.5.